The van der Waals surface area contributed by atoms with Crippen LogP contribution in [0.25, 0.3) is 0 Å². The molecule has 0 saturated carbocycles. The first-order valence-electron chi connectivity index (χ1n) is 10.8. The molecule has 0 spiro atoms. The molecule has 0 fully saturated rings. The van der Waals surface area contributed by atoms with Gasteiger partial charge >= 0.3 is 0 Å². The van der Waals surface area contributed by atoms with Gasteiger partial charge in [0.2, 0.25) is 11.8 Å². The largest absolute Gasteiger partial charge is 0.354 e. The third-order valence-corrected chi connectivity index (χ3v) is 5.93. The molecule has 0 aromatic heterocycles. The van der Waals surface area contributed by atoms with Crippen molar-refractivity contribution in [3.8, 4) is 0 Å². The van der Waals surface area contributed by atoms with Crippen LogP contribution < -0.4 is 5.32 Å². The lowest BCUT2D eigenvalue weighted by Crippen LogP contribution is -2.49. The first kappa shape index (κ1) is 25.2. The molecule has 0 saturated heterocycles. The summed E-state index contributed by atoms with van der Waals surface area (Å²) in [6.45, 7) is 8.94. The Labute approximate surface area is 195 Å². The van der Waals surface area contributed by atoms with Gasteiger partial charge in [0.15, 0.2) is 0 Å². The van der Waals surface area contributed by atoms with Crippen molar-refractivity contribution in [3.63, 3.8) is 0 Å². The van der Waals surface area contributed by atoms with Gasteiger partial charge in [-0.3, -0.25) is 9.59 Å². The van der Waals surface area contributed by atoms with Crippen LogP contribution in [0.15, 0.2) is 36.4 Å². The van der Waals surface area contributed by atoms with E-state index in [1.807, 2.05) is 39.0 Å². The van der Waals surface area contributed by atoms with Crippen molar-refractivity contribution in [2.24, 2.45) is 0 Å². The number of aryl methyl sites for hydroxylation is 2. The highest BCUT2D eigenvalue weighted by atomic mass is 35.5. The van der Waals surface area contributed by atoms with E-state index in [-0.39, 0.29) is 18.2 Å². The zero-order valence-corrected chi connectivity index (χ0v) is 20.3. The highest BCUT2D eigenvalue weighted by Gasteiger charge is 2.28. The van der Waals surface area contributed by atoms with Crippen molar-refractivity contribution in [1.29, 1.82) is 0 Å². The lowest BCUT2D eigenvalue weighted by Gasteiger charge is -2.31. The SMILES string of the molecule is CCCCNC(=O)C(CC)N(Cc1ccc(Cl)c(Cl)c1)C(=O)Cc1cc(C)cc(C)c1. The molecule has 0 aliphatic carbocycles. The number of carbonyl (C=O) groups is 2. The minimum Gasteiger partial charge on any atom is -0.354 e. The summed E-state index contributed by atoms with van der Waals surface area (Å²) in [5, 5.41) is 3.87. The number of unbranched alkanes of at least 4 members (excludes halogenated alkanes) is 1. The van der Waals surface area contributed by atoms with Crippen molar-refractivity contribution >= 4 is 35.0 Å². The van der Waals surface area contributed by atoms with E-state index in [4.69, 9.17) is 23.2 Å². The molecule has 1 atom stereocenters. The van der Waals surface area contributed by atoms with E-state index in [0.29, 0.717) is 29.6 Å². The third kappa shape index (κ3) is 7.55. The van der Waals surface area contributed by atoms with Crippen LogP contribution in [0.4, 0.5) is 0 Å². The van der Waals surface area contributed by atoms with Crippen molar-refractivity contribution < 1.29 is 9.59 Å². The molecule has 2 rings (SSSR count). The Morgan fingerprint density at radius 3 is 2.23 bits per heavy atom. The second kappa shape index (κ2) is 12.1. The molecule has 168 valence electrons. The van der Waals surface area contributed by atoms with Crippen LogP contribution >= 0.6 is 23.2 Å². The Kier molecular flexibility index (Phi) is 9.86. The lowest BCUT2D eigenvalue weighted by molar-refractivity contribution is -0.140. The number of halogens is 2. The van der Waals surface area contributed by atoms with Crippen molar-refractivity contribution in [3.05, 3.63) is 68.7 Å². The molecule has 0 heterocycles. The van der Waals surface area contributed by atoms with Crippen LogP contribution in [0.3, 0.4) is 0 Å². The molecule has 0 radical (unpaired) electrons. The molecule has 0 aliphatic heterocycles. The second-order valence-corrected chi connectivity index (χ2v) is 8.83. The van der Waals surface area contributed by atoms with E-state index in [1.54, 1.807) is 17.0 Å². The Bertz CT molecular complexity index is 894. The van der Waals surface area contributed by atoms with Gasteiger partial charge in [0.25, 0.3) is 0 Å². The smallest absolute Gasteiger partial charge is 0.242 e. The quantitative estimate of drug-likeness (QED) is 0.448. The van der Waals surface area contributed by atoms with Crippen molar-refractivity contribution in [2.75, 3.05) is 6.54 Å². The van der Waals surface area contributed by atoms with E-state index in [1.165, 1.54) is 0 Å². The van der Waals surface area contributed by atoms with Crippen LogP contribution in [0.5, 0.6) is 0 Å². The summed E-state index contributed by atoms with van der Waals surface area (Å²) < 4.78 is 0. The van der Waals surface area contributed by atoms with Crippen LogP contribution in [0.1, 0.15) is 55.4 Å². The Morgan fingerprint density at radius 1 is 0.968 bits per heavy atom. The molecule has 6 heteroatoms. The summed E-state index contributed by atoms with van der Waals surface area (Å²) in [5.41, 5.74) is 4.01. The highest BCUT2D eigenvalue weighted by molar-refractivity contribution is 6.42. The van der Waals surface area contributed by atoms with Gasteiger partial charge in [-0.2, -0.15) is 0 Å². The third-order valence-electron chi connectivity index (χ3n) is 5.19. The van der Waals surface area contributed by atoms with E-state index in [2.05, 4.69) is 18.3 Å². The fourth-order valence-electron chi connectivity index (χ4n) is 3.71. The topological polar surface area (TPSA) is 49.4 Å². The average molecular weight is 463 g/mol. The number of nitrogens with zero attached hydrogens (tertiary/aromatic N) is 1. The summed E-state index contributed by atoms with van der Waals surface area (Å²) in [6.07, 6.45) is 2.67. The Hall–Kier alpha value is -2.04. The maximum Gasteiger partial charge on any atom is 0.242 e. The number of rotatable bonds is 10. The summed E-state index contributed by atoms with van der Waals surface area (Å²) in [6, 6.07) is 10.9. The van der Waals surface area contributed by atoms with E-state index in [0.717, 1.165) is 35.1 Å². The number of amides is 2. The molecule has 2 aromatic carbocycles. The number of benzene rings is 2. The highest BCUT2D eigenvalue weighted by Crippen LogP contribution is 2.24. The zero-order valence-electron chi connectivity index (χ0n) is 18.8. The molecule has 2 amide bonds. The molecule has 1 unspecified atom stereocenters. The summed E-state index contributed by atoms with van der Waals surface area (Å²) in [7, 11) is 0. The van der Waals surface area contributed by atoms with Crippen LogP contribution in [-0.4, -0.2) is 29.3 Å². The molecular formula is C25H32Cl2N2O2. The van der Waals surface area contributed by atoms with Crippen LogP contribution in [0, 0.1) is 13.8 Å². The fraction of sp³-hybridized carbons (Fsp3) is 0.440. The van der Waals surface area contributed by atoms with Crippen molar-refractivity contribution in [2.45, 2.75) is 66.0 Å². The minimum atomic E-state index is -0.551. The van der Waals surface area contributed by atoms with Gasteiger partial charge in [0, 0.05) is 13.1 Å². The predicted molar refractivity (Wildman–Crippen MR) is 129 cm³/mol. The molecule has 31 heavy (non-hydrogen) atoms. The number of nitrogens with one attached hydrogen (secondary N) is 1. The number of carbonyl (C=O) groups excluding carboxylic acids is 2. The van der Waals surface area contributed by atoms with E-state index < -0.39 is 6.04 Å². The molecular weight excluding hydrogens is 431 g/mol. The maximum atomic E-state index is 13.4. The zero-order chi connectivity index (χ0) is 23.0. The van der Waals surface area contributed by atoms with Gasteiger partial charge in [-0.15, -0.1) is 0 Å². The Morgan fingerprint density at radius 2 is 1.65 bits per heavy atom. The van der Waals surface area contributed by atoms with Crippen molar-refractivity contribution in [1.82, 2.24) is 10.2 Å². The molecule has 2 aromatic rings. The van der Waals surface area contributed by atoms with Gasteiger partial charge in [0.05, 0.1) is 16.5 Å². The second-order valence-electron chi connectivity index (χ2n) is 8.01. The fourth-order valence-corrected chi connectivity index (χ4v) is 4.03. The standard InChI is InChI=1S/C25H32Cl2N2O2/c1-5-7-10-28-25(31)23(6-2)29(16-19-8-9-21(26)22(27)14-19)24(30)15-20-12-17(3)11-18(4)13-20/h8-9,11-14,23H,5-7,10,15-16H2,1-4H3,(H,28,31). The molecule has 4 nitrogen and oxygen atoms in total. The molecule has 1 N–H and O–H groups in total. The first-order valence-corrected chi connectivity index (χ1v) is 11.6. The average Bonchev–Trinajstić information content (AvgIpc) is 2.69. The molecule has 0 bridgehead atoms. The van der Waals surface area contributed by atoms with Crippen LogP contribution in [-0.2, 0) is 22.6 Å². The van der Waals surface area contributed by atoms with E-state index in [9.17, 15) is 9.59 Å². The van der Waals surface area contributed by atoms with Crippen LogP contribution in [0.2, 0.25) is 10.0 Å². The molecule has 0 aliphatic rings. The summed E-state index contributed by atoms with van der Waals surface area (Å²) in [4.78, 5) is 28.0. The predicted octanol–water partition coefficient (Wildman–Crippen LogP) is 5.88. The lowest BCUT2D eigenvalue weighted by atomic mass is 10.0. The number of hydrogen-bond donors (Lipinski definition) is 1. The van der Waals surface area contributed by atoms with E-state index >= 15 is 0 Å². The summed E-state index contributed by atoms with van der Waals surface area (Å²) >= 11 is 12.2. The monoisotopic (exact) mass is 462 g/mol. The van der Waals surface area contributed by atoms with Gasteiger partial charge in [-0.25, -0.2) is 0 Å². The van der Waals surface area contributed by atoms with Gasteiger partial charge in [0.1, 0.15) is 6.04 Å². The number of hydrogen-bond acceptors (Lipinski definition) is 2. The van der Waals surface area contributed by atoms with Gasteiger partial charge < -0.3 is 10.2 Å². The first-order chi connectivity index (χ1) is 14.7. The van der Waals surface area contributed by atoms with Gasteiger partial charge in [-0.05, 0) is 49.9 Å². The summed E-state index contributed by atoms with van der Waals surface area (Å²) in [5.74, 6) is -0.210. The minimum absolute atomic E-state index is 0.0893. The van der Waals surface area contributed by atoms with Gasteiger partial charge in [-0.1, -0.05) is 78.9 Å². The normalized spacial score (nSPS) is 11.8. The maximum absolute atomic E-state index is 13.4. The Balaban J connectivity index is 2.31.